The molecule has 0 unspecified atom stereocenters. The Bertz CT molecular complexity index is 546. The molecule has 1 heterocycles. The predicted molar refractivity (Wildman–Crippen MR) is 70.8 cm³/mol. The Balaban J connectivity index is 2.36. The van der Waals surface area contributed by atoms with Crippen molar-refractivity contribution in [2.75, 3.05) is 0 Å². The van der Waals surface area contributed by atoms with Gasteiger partial charge < -0.3 is 0 Å². The number of ketones is 1. The third-order valence-corrected chi connectivity index (χ3v) is 2.96. The Kier molecular flexibility index (Phi) is 3.90. The van der Waals surface area contributed by atoms with Crippen LogP contribution in [0, 0.1) is 0 Å². The molecule has 19 heavy (non-hydrogen) atoms. The first-order chi connectivity index (χ1) is 9.13. The summed E-state index contributed by atoms with van der Waals surface area (Å²) in [6, 6.07) is 9.07. The molecule has 4 heteroatoms. The quantitative estimate of drug-likeness (QED) is 0.780. The molecule has 98 valence electrons. The van der Waals surface area contributed by atoms with Gasteiger partial charge in [0.25, 0.3) is 0 Å². The average molecular weight is 257 g/mol. The molecule has 0 aliphatic carbocycles. The molecule has 4 nitrogen and oxygen atoms in total. The Hall–Kier alpha value is -2.23. The fourth-order valence-corrected chi connectivity index (χ4v) is 1.99. The fourth-order valence-electron chi connectivity index (χ4n) is 1.99. The van der Waals surface area contributed by atoms with E-state index in [1.165, 1.54) is 6.20 Å². The molecule has 1 aromatic carbocycles. The van der Waals surface area contributed by atoms with Crippen LogP contribution in [0.1, 0.15) is 31.7 Å². The maximum Gasteiger partial charge on any atom is 0.241 e. The van der Waals surface area contributed by atoms with Crippen LogP contribution < -0.4 is 0 Å². The fraction of sp³-hybridized carbons (Fsp3) is 0.267. The highest BCUT2D eigenvalue weighted by molar-refractivity contribution is 6.29. The van der Waals surface area contributed by atoms with Crippen molar-refractivity contribution in [2.24, 2.45) is 0 Å². The van der Waals surface area contributed by atoms with Gasteiger partial charge in [0, 0.05) is 18.2 Å². The van der Waals surface area contributed by atoms with Gasteiger partial charge in [-0.15, -0.1) is 0 Å². The van der Waals surface area contributed by atoms with E-state index < -0.39 is 5.91 Å². The van der Waals surface area contributed by atoms with E-state index in [-0.39, 0.29) is 18.1 Å². The van der Waals surface area contributed by atoms with Crippen LogP contribution in [0.4, 0.5) is 0 Å². The molecule has 0 radical (unpaired) electrons. The number of imide groups is 1. The molecule has 0 atom stereocenters. The van der Waals surface area contributed by atoms with Crippen LogP contribution >= 0.6 is 0 Å². The van der Waals surface area contributed by atoms with E-state index >= 15 is 0 Å². The molecule has 1 aliphatic heterocycles. The first-order valence-corrected chi connectivity index (χ1v) is 6.28. The molecular formula is C15H15NO3. The number of rotatable bonds is 3. The standard InChI is InChI=1S/C15H15NO3/c1-2-6-14(18)16-10-12(13(17)9-15(16)19)11-7-4-3-5-8-11/h3-5,7-8,10H,2,6,9H2,1H3. The first-order valence-electron chi connectivity index (χ1n) is 6.28. The summed E-state index contributed by atoms with van der Waals surface area (Å²) < 4.78 is 0. The highest BCUT2D eigenvalue weighted by atomic mass is 16.2. The summed E-state index contributed by atoms with van der Waals surface area (Å²) in [7, 11) is 0. The molecule has 1 aliphatic rings. The van der Waals surface area contributed by atoms with E-state index in [2.05, 4.69) is 0 Å². The van der Waals surface area contributed by atoms with E-state index in [1.54, 1.807) is 12.1 Å². The lowest BCUT2D eigenvalue weighted by Crippen LogP contribution is -2.37. The van der Waals surface area contributed by atoms with Gasteiger partial charge in [-0.1, -0.05) is 37.3 Å². The zero-order valence-electron chi connectivity index (χ0n) is 10.8. The Labute approximate surface area is 111 Å². The van der Waals surface area contributed by atoms with Crippen LogP contribution in [-0.4, -0.2) is 22.5 Å². The van der Waals surface area contributed by atoms with Crippen LogP contribution in [0.15, 0.2) is 36.5 Å². The molecule has 0 N–H and O–H groups in total. The molecule has 0 saturated heterocycles. The molecule has 0 spiro atoms. The lowest BCUT2D eigenvalue weighted by atomic mass is 9.97. The number of hydrogen-bond acceptors (Lipinski definition) is 3. The van der Waals surface area contributed by atoms with Crippen molar-refractivity contribution in [3.8, 4) is 0 Å². The SMILES string of the molecule is CCCC(=O)N1C=C(c2ccccc2)C(=O)CC1=O. The summed E-state index contributed by atoms with van der Waals surface area (Å²) in [5.74, 6) is -0.937. The minimum Gasteiger partial charge on any atom is -0.294 e. The normalized spacial score (nSPS) is 15.4. The van der Waals surface area contributed by atoms with Gasteiger partial charge >= 0.3 is 0 Å². The van der Waals surface area contributed by atoms with Gasteiger partial charge in [-0.25, -0.2) is 0 Å². The van der Waals surface area contributed by atoms with Gasteiger partial charge in [0.2, 0.25) is 11.8 Å². The molecule has 0 bridgehead atoms. The summed E-state index contributed by atoms with van der Waals surface area (Å²) in [4.78, 5) is 36.6. The Morgan fingerprint density at radius 2 is 1.89 bits per heavy atom. The van der Waals surface area contributed by atoms with Gasteiger partial charge in [0.05, 0.1) is 6.42 Å². The van der Waals surface area contributed by atoms with Crippen molar-refractivity contribution in [1.82, 2.24) is 4.90 Å². The van der Waals surface area contributed by atoms with Crippen LogP contribution in [0.25, 0.3) is 5.57 Å². The number of amides is 2. The van der Waals surface area contributed by atoms with Crippen LogP contribution in [-0.2, 0) is 14.4 Å². The van der Waals surface area contributed by atoms with Crippen molar-refractivity contribution < 1.29 is 14.4 Å². The van der Waals surface area contributed by atoms with Crippen LogP contribution in [0.5, 0.6) is 0 Å². The second-order valence-electron chi connectivity index (χ2n) is 4.42. The van der Waals surface area contributed by atoms with E-state index in [1.807, 2.05) is 25.1 Å². The summed E-state index contributed by atoms with van der Waals surface area (Å²) in [6.45, 7) is 1.87. The minimum absolute atomic E-state index is 0.239. The Morgan fingerprint density at radius 1 is 1.21 bits per heavy atom. The lowest BCUT2D eigenvalue weighted by molar-refractivity contribution is -0.142. The van der Waals surface area contributed by atoms with Crippen molar-refractivity contribution in [2.45, 2.75) is 26.2 Å². The maximum atomic E-state index is 11.9. The van der Waals surface area contributed by atoms with Gasteiger partial charge in [-0.2, -0.15) is 0 Å². The second kappa shape index (κ2) is 5.61. The van der Waals surface area contributed by atoms with E-state index in [0.717, 1.165) is 10.5 Å². The molecule has 0 aromatic heterocycles. The van der Waals surface area contributed by atoms with Crippen LogP contribution in [0.2, 0.25) is 0 Å². The first kappa shape index (κ1) is 13.2. The monoisotopic (exact) mass is 257 g/mol. The number of nitrogens with zero attached hydrogens (tertiary/aromatic N) is 1. The van der Waals surface area contributed by atoms with Crippen molar-refractivity contribution >= 4 is 23.2 Å². The number of allylic oxidation sites excluding steroid dienone is 1. The Morgan fingerprint density at radius 3 is 2.53 bits per heavy atom. The topological polar surface area (TPSA) is 54.5 Å². The highest BCUT2D eigenvalue weighted by Gasteiger charge is 2.29. The molecular weight excluding hydrogens is 242 g/mol. The number of benzene rings is 1. The van der Waals surface area contributed by atoms with Gasteiger partial charge in [0.1, 0.15) is 0 Å². The van der Waals surface area contributed by atoms with Gasteiger partial charge in [0.15, 0.2) is 5.78 Å². The average Bonchev–Trinajstić information content (AvgIpc) is 2.40. The third kappa shape index (κ3) is 2.78. The number of carbonyl (C=O) groups excluding carboxylic acids is 3. The third-order valence-electron chi connectivity index (χ3n) is 2.96. The lowest BCUT2D eigenvalue weighted by Gasteiger charge is -2.22. The molecule has 1 aromatic rings. The smallest absolute Gasteiger partial charge is 0.241 e. The number of carbonyl (C=O) groups is 3. The van der Waals surface area contributed by atoms with Gasteiger partial charge in [-0.3, -0.25) is 19.3 Å². The van der Waals surface area contributed by atoms with Crippen molar-refractivity contribution in [3.63, 3.8) is 0 Å². The molecule has 2 rings (SSSR count). The van der Waals surface area contributed by atoms with E-state index in [4.69, 9.17) is 0 Å². The zero-order valence-corrected chi connectivity index (χ0v) is 10.8. The van der Waals surface area contributed by atoms with E-state index in [0.29, 0.717) is 18.4 Å². The molecule has 0 saturated carbocycles. The van der Waals surface area contributed by atoms with E-state index in [9.17, 15) is 14.4 Å². The highest BCUT2D eigenvalue weighted by Crippen LogP contribution is 2.23. The van der Waals surface area contributed by atoms with Crippen molar-refractivity contribution in [3.05, 3.63) is 42.1 Å². The number of Topliss-reactive ketones (excluding diaryl/α,β-unsaturated/α-hetero) is 1. The maximum absolute atomic E-state index is 11.9. The summed E-state index contributed by atoms with van der Waals surface area (Å²) in [6.07, 6.45) is 2.11. The predicted octanol–water partition coefficient (Wildman–Crippen LogP) is 2.16. The second-order valence-corrected chi connectivity index (χ2v) is 4.42. The van der Waals surface area contributed by atoms with Crippen molar-refractivity contribution in [1.29, 1.82) is 0 Å². The largest absolute Gasteiger partial charge is 0.294 e. The van der Waals surface area contributed by atoms with Crippen LogP contribution in [0.3, 0.4) is 0 Å². The summed E-state index contributed by atoms with van der Waals surface area (Å²) >= 11 is 0. The minimum atomic E-state index is -0.442. The summed E-state index contributed by atoms with van der Waals surface area (Å²) in [5, 5.41) is 0. The number of hydrogen-bond donors (Lipinski definition) is 0. The molecule has 2 amide bonds. The van der Waals surface area contributed by atoms with Gasteiger partial charge in [-0.05, 0) is 12.0 Å². The summed E-state index contributed by atoms with van der Waals surface area (Å²) in [5.41, 5.74) is 1.15. The zero-order chi connectivity index (χ0) is 13.8. The molecule has 0 fully saturated rings.